The summed E-state index contributed by atoms with van der Waals surface area (Å²) in [5.74, 6) is -1.11. The molecule has 3 aromatic carbocycles. The largest absolute Gasteiger partial charge is 0.293 e. The topological polar surface area (TPSA) is 34.1 Å². The zero-order valence-electron chi connectivity index (χ0n) is 14.1. The number of rotatable bonds is 1. The van der Waals surface area contributed by atoms with E-state index >= 15 is 0 Å². The molecule has 2 aliphatic carbocycles. The number of carbonyl (C=O) groups is 2. The van der Waals surface area contributed by atoms with E-state index in [1.54, 1.807) is 12.1 Å². The van der Waals surface area contributed by atoms with Crippen LogP contribution in [0.5, 0.6) is 0 Å². The molecule has 0 radical (unpaired) electrons. The molecule has 0 unspecified atom stereocenters. The van der Waals surface area contributed by atoms with Gasteiger partial charge in [0.05, 0.1) is 5.92 Å². The summed E-state index contributed by atoms with van der Waals surface area (Å²) in [5.41, 5.74) is 5.29. The quantitative estimate of drug-likeness (QED) is 0.586. The molecule has 0 atom stereocenters. The molecule has 2 nitrogen and oxygen atoms in total. The number of hydrogen-bond donors (Lipinski definition) is 0. The molecular formula is C24H16O2. The lowest BCUT2D eigenvalue weighted by molar-refractivity contribution is 0.0825. The van der Waals surface area contributed by atoms with E-state index in [9.17, 15) is 9.59 Å². The Morgan fingerprint density at radius 1 is 0.500 bits per heavy atom. The highest BCUT2D eigenvalue weighted by Gasteiger charge is 2.45. The average molecular weight is 336 g/mol. The molecule has 26 heavy (non-hydrogen) atoms. The van der Waals surface area contributed by atoms with Crippen LogP contribution in [0.4, 0.5) is 0 Å². The predicted octanol–water partition coefficient (Wildman–Crippen LogP) is 5.00. The van der Waals surface area contributed by atoms with E-state index in [0.717, 1.165) is 22.3 Å². The van der Waals surface area contributed by atoms with Crippen molar-refractivity contribution in [2.24, 2.45) is 5.92 Å². The van der Waals surface area contributed by atoms with Gasteiger partial charge in [-0.25, -0.2) is 0 Å². The minimum atomic E-state index is -0.699. The molecule has 124 valence electrons. The second-order valence-electron chi connectivity index (χ2n) is 6.82. The van der Waals surface area contributed by atoms with Gasteiger partial charge in [0.15, 0.2) is 11.6 Å². The zero-order chi connectivity index (χ0) is 17.7. The monoisotopic (exact) mass is 336 g/mol. The molecule has 2 heteroatoms. The highest BCUT2D eigenvalue weighted by atomic mass is 16.2. The lowest BCUT2D eigenvalue weighted by atomic mass is 9.76. The van der Waals surface area contributed by atoms with E-state index in [4.69, 9.17) is 0 Å². The molecule has 0 fully saturated rings. The molecule has 0 amide bonds. The van der Waals surface area contributed by atoms with Gasteiger partial charge in [-0.05, 0) is 22.3 Å². The Balaban J connectivity index is 1.76. The fraction of sp³-hybridized carbons (Fsp3) is 0.0833. The molecule has 0 spiro atoms. The van der Waals surface area contributed by atoms with Gasteiger partial charge in [0, 0.05) is 17.0 Å². The molecule has 0 aromatic heterocycles. The highest BCUT2D eigenvalue weighted by Crippen LogP contribution is 2.44. The van der Waals surface area contributed by atoms with E-state index in [0.29, 0.717) is 11.1 Å². The molecule has 3 aromatic rings. The molecule has 5 rings (SSSR count). The van der Waals surface area contributed by atoms with Gasteiger partial charge < -0.3 is 0 Å². The summed E-state index contributed by atoms with van der Waals surface area (Å²) in [6.07, 6.45) is 4.15. The number of Topliss-reactive ketones (excluding diaryl/α,β-unsaturated/α-hetero) is 2. The summed E-state index contributed by atoms with van der Waals surface area (Å²) in [6, 6.07) is 23.3. The standard InChI is InChI=1S/C24H16O2/c25-23-19-11-5-6-12-20(19)24(26)22(23)21-17-9-3-1-7-15(17)13-14-16-8-2-4-10-18(16)21/h1-14,21-22H. The summed E-state index contributed by atoms with van der Waals surface area (Å²) < 4.78 is 0. The summed E-state index contributed by atoms with van der Waals surface area (Å²) in [5, 5.41) is 0. The van der Waals surface area contributed by atoms with Gasteiger partial charge in [-0.15, -0.1) is 0 Å². The maximum Gasteiger partial charge on any atom is 0.175 e. The lowest BCUT2D eigenvalue weighted by Crippen LogP contribution is -2.25. The fourth-order valence-electron chi connectivity index (χ4n) is 4.27. The van der Waals surface area contributed by atoms with Gasteiger partial charge in [-0.3, -0.25) is 9.59 Å². The Kier molecular flexibility index (Phi) is 3.26. The minimum Gasteiger partial charge on any atom is -0.293 e. The van der Waals surface area contributed by atoms with Gasteiger partial charge >= 0.3 is 0 Å². The van der Waals surface area contributed by atoms with Crippen molar-refractivity contribution in [1.29, 1.82) is 0 Å². The average Bonchev–Trinajstić information content (AvgIpc) is 2.84. The van der Waals surface area contributed by atoms with Crippen molar-refractivity contribution in [3.8, 4) is 0 Å². The molecule has 0 aliphatic heterocycles. The molecule has 0 saturated heterocycles. The van der Waals surface area contributed by atoms with E-state index in [1.165, 1.54) is 0 Å². The van der Waals surface area contributed by atoms with Crippen molar-refractivity contribution in [1.82, 2.24) is 0 Å². The Morgan fingerprint density at radius 3 is 1.42 bits per heavy atom. The lowest BCUT2D eigenvalue weighted by Gasteiger charge is -2.24. The highest BCUT2D eigenvalue weighted by molar-refractivity contribution is 6.27. The third-order valence-corrected chi connectivity index (χ3v) is 5.46. The SMILES string of the molecule is O=C1c2ccccc2C(=O)C1C1c2ccccc2C=Cc2ccccc21. The van der Waals surface area contributed by atoms with Gasteiger partial charge in [0.1, 0.15) is 0 Å². The van der Waals surface area contributed by atoms with Crippen LogP contribution in [0.25, 0.3) is 12.2 Å². The first-order valence-corrected chi connectivity index (χ1v) is 8.79. The van der Waals surface area contributed by atoms with Crippen molar-refractivity contribution in [2.45, 2.75) is 5.92 Å². The van der Waals surface area contributed by atoms with E-state index in [1.807, 2.05) is 60.7 Å². The van der Waals surface area contributed by atoms with E-state index < -0.39 is 5.92 Å². The van der Waals surface area contributed by atoms with Crippen LogP contribution in [0.3, 0.4) is 0 Å². The smallest absolute Gasteiger partial charge is 0.175 e. The molecule has 2 aliphatic rings. The first-order chi connectivity index (χ1) is 12.8. The minimum absolute atomic E-state index is 0.0675. The number of benzene rings is 3. The van der Waals surface area contributed by atoms with Crippen molar-refractivity contribution in [3.05, 3.63) is 106 Å². The Hall–Kier alpha value is -3.26. The van der Waals surface area contributed by atoms with E-state index in [2.05, 4.69) is 12.2 Å². The van der Waals surface area contributed by atoms with Crippen LogP contribution in [0.15, 0.2) is 72.8 Å². The summed E-state index contributed by atoms with van der Waals surface area (Å²) in [7, 11) is 0. The maximum absolute atomic E-state index is 13.2. The van der Waals surface area contributed by atoms with Crippen molar-refractivity contribution >= 4 is 23.7 Å². The van der Waals surface area contributed by atoms with Gasteiger partial charge in [0.25, 0.3) is 0 Å². The fourth-order valence-corrected chi connectivity index (χ4v) is 4.27. The molecular weight excluding hydrogens is 320 g/mol. The second kappa shape index (κ2) is 5.63. The normalized spacial score (nSPS) is 16.2. The summed E-state index contributed by atoms with van der Waals surface area (Å²) in [4.78, 5) is 26.4. The number of ketones is 2. The third kappa shape index (κ3) is 2.05. The Bertz CT molecular complexity index is 1010. The number of hydrogen-bond acceptors (Lipinski definition) is 2. The first-order valence-electron chi connectivity index (χ1n) is 8.79. The van der Waals surface area contributed by atoms with Crippen molar-refractivity contribution in [2.75, 3.05) is 0 Å². The second-order valence-corrected chi connectivity index (χ2v) is 6.82. The maximum atomic E-state index is 13.2. The molecule has 0 heterocycles. The van der Waals surface area contributed by atoms with Crippen LogP contribution in [-0.2, 0) is 0 Å². The van der Waals surface area contributed by atoms with Crippen LogP contribution >= 0.6 is 0 Å². The Labute approximate surface area is 151 Å². The summed E-state index contributed by atoms with van der Waals surface area (Å²) >= 11 is 0. The van der Waals surface area contributed by atoms with Gasteiger partial charge in [0.2, 0.25) is 0 Å². The van der Waals surface area contributed by atoms with Crippen LogP contribution < -0.4 is 0 Å². The number of carbonyl (C=O) groups excluding carboxylic acids is 2. The first kappa shape index (κ1) is 15.0. The predicted molar refractivity (Wildman–Crippen MR) is 102 cm³/mol. The van der Waals surface area contributed by atoms with Gasteiger partial charge in [-0.1, -0.05) is 84.9 Å². The third-order valence-electron chi connectivity index (χ3n) is 5.46. The summed E-state index contributed by atoms with van der Waals surface area (Å²) in [6.45, 7) is 0. The molecule has 0 bridgehead atoms. The van der Waals surface area contributed by atoms with Crippen molar-refractivity contribution < 1.29 is 9.59 Å². The molecule has 0 N–H and O–H groups in total. The molecule has 0 saturated carbocycles. The number of fused-ring (bicyclic) bond motifs is 3. The van der Waals surface area contributed by atoms with Crippen LogP contribution in [0.2, 0.25) is 0 Å². The van der Waals surface area contributed by atoms with Crippen LogP contribution in [-0.4, -0.2) is 11.6 Å². The van der Waals surface area contributed by atoms with Crippen molar-refractivity contribution in [3.63, 3.8) is 0 Å². The van der Waals surface area contributed by atoms with Gasteiger partial charge in [-0.2, -0.15) is 0 Å². The van der Waals surface area contributed by atoms with Crippen LogP contribution in [0, 0.1) is 5.92 Å². The zero-order valence-corrected chi connectivity index (χ0v) is 14.1. The van der Waals surface area contributed by atoms with Crippen LogP contribution in [0.1, 0.15) is 48.9 Å². The Morgan fingerprint density at radius 2 is 0.923 bits per heavy atom. The van der Waals surface area contributed by atoms with E-state index in [-0.39, 0.29) is 17.5 Å².